The summed E-state index contributed by atoms with van der Waals surface area (Å²) in [6, 6.07) is 13.7. The van der Waals surface area contributed by atoms with Gasteiger partial charge in [-0.25, -0.2) is 4.79 Å². The molecular formula is C20H19ClN2O4. The molecule has 0 unspecified atom stereocenters. The summed E-state index contributed by atoms with van der Waals surface area (Å²) < 4.78 is 10.7. The van der Waals surface area contributed by atoms with Crippen molar-refractivity contribution in [3.8, 4) is 11.8 Å². The molecule has 2 aromatic carbocycles. The SMILES string of the molecule is Cc1cccc(O[C@H](C)C(=O)O[C@H](C)C(=O)Nc2ccc(C#N)c(Cl)c2)c1. The van der Waals surface area contributed by atoms with E-state index in [1.807, 2.05) is 25.1 Å². The molecule has 2 aromatic rings. The Morgan fingerprint density at radius 2 is 1.89 bits per heavy atom. The van der Waals surface area contributed by atoms with Gasteiger partial charge in [-0.2, -0.15) is 5.26 Å². The summed E-state index contributed by atoms with van der Waals surface area (Å²) in [5, 5.41) is 11.7. The zero-order valence-corrected chi connectivity index (χ0v) is 15.9. The second-order valence-corrected chi connectivity index (χ2v) is 6.36. The van der Waals surface area contributed by atoms with Gasteiger partial charge in [0.05, 0.1) is 10.6 Å². The van der Waals surface area contributed by atoms with E-state index in [9.17, 15) is 9.59 Å². The number of nitriles is 1. The molecule has 0 radical (unpaired) electrons. The highest BCUT2D eigenvalue weighted by Gasteiger charge is 2.23. The summed E-state index contributed by atoms with van der Waals surface area (Å²) in [6.07, 6.45) is -1.90. The highest BCUT2D eigenvalue weighted by Crippen LogP contribution is 2.20. The van der Waals surface area contributed by atoms with Crippen molar-refractivity contribution in [3.63, 3.8) is 0 Å². The van der Waals surface area contributed by atoms with Crippen molar-refractivity contribution < 1.29 is 19.1 Å². The highest BCUT2D eigenvalue weighted by molar-refractivity contribution is 6.32. The lowest BCUT2D eigenvalue weighted by atomic mass is 10.2. The van der Waals surface area contributed by atoms with Crippen molar-refractivity contribution in [1.82, 2.24) is 0 Å². The van der Waals surface area contributed by atoms with E-state index in [1.54, 1.807) is 25.1 Å². The van der Waals surface area contributed by atoms with Crippen LogP contribution in [0.2, 0.25) is 5.02 Å². The first-order chi connectivity index (χ1) is 12.8. The second-order valence-electron chi connectivity index (χ2n) is 5.95. The fourth-order valence-corrected chi connectivity index (χ4v) is 2.41. The van der Waals surface area contributed by atoms with E-state index in [1.165, 1.54) is 19.1 Å². The van der Waals surface area contributed by atoms with Crippen molar-refractivity contribution >= 4 is 29.2 Å². The minimum atomic E-state index is -1.03. The number of carbonyl (C=O) groups excluding carboxylic acids is 2. The Morgan fingerprint density at radius 3 is 2.52 bits per heavy atom. The molecule has 0 aliphatic carbocycles. The van der Waals surface area contributed by atoms with E-state index >= 15 is 0 Å². The summed E-state index contributed by atoms with van der Waals surface area (Å²) in [5.41, 5.74) is 1.70. The van der Waals surface area contributed by atoms with E-state index in [4.69, 9.17) is 26.3 Å². The standard InChI is InChI=1S/C20H19ClN2O4/c1-12-5-4-6-17(9-12)26-14(3)20(25)27-13(2)19(24)23-16-8-7-15(11-22)18(21)10-16/h4-10,13-14H,1-3H3,(H,23,24)/t13-,14-/m1/s1. The average Bonchev–Trinajstić information content (AvgIpc) is 2.61. The Bertz CT molecular complexity index is 892. The molecule has 0 bridgehead atoms. The fraction of sp³-hybridized carbons (Fsp3) is 0.250. The molecule has 27 heavy (non-hydrogen) atoms. The lowest BCUT2D eigenvalue weighted by Crippen LogP contribution is -2.35. The van der Waals surface area contributed by atoms with Crippen LogP contribution in [0.5, 0.6) is 5.75 Å². The zero-order chi connectivity index (χ0) is 20.0. The molecule has 1 amide bonds. The van der Waals surface area contributed by atoms with Gasteiger partial charge in [-0.05, 0) is 56.7 Å². The van der Waals surface area contributed by atoms with Crippen molar-refractivity contribution in [2.24, 2.45) is 0 Å². The van der Waals surface area contributed by atoms with Gasteiger partial charge in [-0.15, -0.1) is 0 Å². The maximum atomic E-state index is 12.2. The average molecular weight is 387 g/mol. The Balaban J connectivity index is 1.92. The number of carbonyl (C=O) groups is 2. The van der Waals surface area contributed by atoms with E-state index < -0.39 is 24.1 Å². The molecule has 6 nitrogen and oxygen atoms in total. The summed E-state index contributed by atoms with van der Waals surface area (Å²) in [7, 11) is 0. The first-order valence-corrected chi connectivity index (χ1v) is 8.62. The third kappa shape index (κ3) is 5.73. The minimum absolute atomic E-state index is 0.222. The fourth-order valence-electron chi connectivity index (χ4n) is 2.19. The van der Waals surface area contributed by atoms with Crippen LogP contribution in [0.4, 0.5) is 5.69 Å². The smallest absolute Gasteiger partial charge is 0.347 e. The normalized spacial score (nSPS) is 12.4. The Morgan fingerprint density at radius 1 is 1.15 bits per heavy atom. The molecule has 2 rings (SSSR count). The van der Waals surface area contributed by atoms with E-state index in [0.29, 0.717) is 17.0 Å². The molecule has 0 saturated heterocycles. The van der Waals surface area contributed by atoms with Crippen LogP contribution < -0.4 is 10.1 Å². The second kappa shape index (κ2) is 9.06. The summed E-state index contributed by atoms with van der Waals surface area (Å²) in [6.45, 7) is 4.92. The minimum Gasteiger partial charge on any atom is -0.479 e. The number of halogens is 1. The molecular weight excluding hydrogens is 368 g/mol. The molecule has 0 spiro atoms. The molecule has 0 fully saturated rings. The van der Waals surface area contributed by atoms with Gasteiger partial charge >= 0.3 is 5.97 Å². The maximum absolute atomic E-state index is 12.2. The maximum Gasteiger partial charge on any atom is 0.347 e. The van der Waals surface area contributed by atoms with Gasteiger partial charge in [-0.1, -0.05) is 23.7 Å². The third-order valence-electron chi connectivity index (χ3n) is 3.65. The lowest BCUT2D eigenvalue weighted by molar-refractivity contribution is -0.159. The highest BCUT2D eigenvalue weighted by atomic mass is 35.5. The van der Waals surface area contributed by atoms with E-state index in [0.717, 1.165) is 5.56 Å². The Hall–Kier alpha value is -3.04. The topological polar surface area (TPSA) is 88.4 Å². The van der Waals surface area contributed by atoms with Crippen LogP contribution in [-0.2, 0) is 14.3 Å². The van der Waals surface area contributed by atoms with Crippen LogP contribution in [0.3, 0.4) is 0 Å². The molecule has 0 heterocycles. The number of ether oxygens (including phenoxy) is 2. The first kappa shape index (κ1) is 20.3. The van der Waals surface area contributed by atoms with Crippen molar-refractivity contribution in [2.45, 2.75) is 33.0 Å². The van der Waals surface area contributed by atoms with E-state index in [-0.39, 0.29) is 5.02 Å². The lowest BCUT2D eigenvalue weighted by Gasteiger charge is -2.18. The number of hydrogen-bond acceptors (Lipinski definition) is 5. The summed E-state index contributed by atoms with van der Waals surface area (Å²) >= 11 is 5.93. The summed E-state index contributed by atoms with van der Waals surface area (Å²) in [5.74, 6) is -0.632. The van der Waals surface area contributed by atoms with Gasteiger partial charge in [0.2, 0.25) is 0 Å². The number of aryl methyl sites for hydroxylation is 1. The predicted octanol–water partition coefficient (Wildman–Crippen LogP) is 3.86. The largest absolute Gasteiger partial charge is 0.479 e. The molecule has 140 valence electrons. The number of nitrogens with one attached hydrogen (secondary N) is 1. The van der Waals surface area contributed by atoms with Crippen molar-refractivity contribution in [3.05, 3.63) is 58.6 Å². The van der Waals surface area contributed by atoms with Gasteiger partial charge < -0.3 is 14.8 Å². The number of nitrogens with zero attached hydrogens (tertiary/aromatic N) is 1. The number of hydrogen-bond donors (Lipinski definition) is 1. The predicted molar refractivity (Wildman–Crippen MR) is 102 cm³/mol. The molecule has 0 aromatic heterocycles. The molecule has 0 aliphatic rings. The van der Waals surface area contributed by atoms with Gasteiger partial charge in [0.1, 0.15) is 11.8 Å². The van der Waals surface area contributed by atoms with E-state index in [2.05, 4.69) is 5.32 Å². The van der Waals surface area contributed by atoms with Gasteiger partial charge in [0, 0.05) is 5.69 Å². The van der Waals surface area contributed by atoms with Gasteiger partial charge in [-0.3, -0.25) is 4.79 Å². The molecule has 1 N–H and O–H groups in total. The van der Waals surface area contributed by atoms with Crippen LogP contribution in [0.25, 0.3) is 0 Å². The van der Waals surface area contributed by atoms with Crippen molar-refractivity contribution in [1.29, 1.82) is 5.26 Å². The molecule has 0 aliphatic heterocycles. The van der Waals surface area contributed by atoms with Crippen LogP contribution in [0.1, 0.15) is 25.0 Å². The third-order valence-corrected chi connectivity index (χ3v) is 3.97. The number of benzene rings is 2. The molecule has 2 atom stereocenters. The summed E-state index contributed by atoms with van der Waals surface area (Å²) in [4.78, 5) is 24.4. The Labute approximate surface area is 162 Å². The number of rotatable bonds is 6. The van der Waals surface area contributed by atoms with Gasteiger partial charge in [0.15, 0.2) is 12.2 Å². The van der Waals surface area contributed by atoms with Crippen LogP contribution in [0, 0.1) is 18.3 Å². The number of esters is 1. The first-order valence-electron chi connectivity index (χ1n) is 8.24. The number of anilines is 1. The van der Waals surface area contributed by atoms with Crippen LogP contribution in [0.15, 0.2) is 42.5 Å². The monoisotopic (exact) mass is 386 g/mol. The number of amides is 1. The quantitative estimate of drug-likeness (QED) is 0.761. The van der Waals surface area contributed by atoms with Crippen LogP contribution in [-0.4, -0.2) is 24.1 Å². The Kier molecular flexibility index (Phi) is 6.80. The van der Waals surface area contributed by atoms with Gasteiger partial charge in [0.25, 0.3) is 5.91 Å². The molecule has 0 saturated carbocycles. The van der Waals surface area contributed by atoms with Crippen LogP contribution >= 0.6 is 11.6 Å². The van der Waals surface area contributed by atoms with Crippen molar-refractivity contribution in [2.75, 3.05) is 5.32 Å². The molecule has 7 heteroatoms. The zero-order valence-electron chi connectivity index (χ0n) is 15.2.